The summed E-state index contributed by atoms with van der Waals surface area (Å²) in [7, 11) is 0. The van der Waals surface area contributed by atoms with Crippen LogP contribution >= 0.6 is 0 Å². The quantitative estimate of drug-likeness (QED) is 0.0594. The van der Waals surface area contributed by atoms with Gasteiger partial charge in [0, 0.05) is 31.0 Å². The summed E-state index contributed by atoms with van der Waals surface area (Å²) in [4.78, 5) is 50.7. The van der Waals surface area contributed by atoms with Crippen molar-refractivity contribution >= 4 is 23.5 Å². The Hall–Kier alpha value is -2.64. The van der Waals surface area contributed by atoms with Crippen molar-refractivity contribution in [3.8, 4) is 0 Å². The van der Waals surface area contributed by atoms with E-state index in [-0.39, 0.29) is 54.4 Å². The van der Waals surface area contributed by atoms with Crippen molar-refractivity contribution in [3.05, 3.63) is 23.1 Å². The number of rotatable bonds is 25. The van der Waals surface area contributed by atoms with E-state index in [4.69, 9.17) is 14.2 Å². The summed E-state index contributed by atoms with van der Waals surface area (Å²) in [6, 6.07) is 0. The Morgan fingerprint density at radius 2 is 1.11 bits per heavy atom. The van der Waals surface area contributed by atoms with Crippen LogP contribution in [0.1, 0.15) is 170 Å². The zero-order valence-corrected chi connectivity index (χ0v) is 30.3. The molecule has 0 amide bonds. The number of nitrogens with one attached hydrogen (secondary N) is 1. The minimum absolute atomic E-state index is 0.0863. The number of ketones is 2. The number of carbonyl (C=O) groups is 4. The molecule has 0 saturated heterocycles. The Kier molecular flexibility index (Phi) is 20.5. The van der Waals surface area contributed by atoms with E-state index in [1.54, 1.807) is 0 Å². The lowest BCUT2D eigenvalue weighted by Gasteiger charge is -2.21. The molecule has 0 fully saturated rings. The number of allylic oxidation sites excluding steroid dienone is 2. The van der Waals surface area contributed by atoms with Gasteiger partial charge in [-0.2, -0.15) is 0 Å². The normalized spacial score (nSPS) is 13.9. The molecule has 46 heavy (non-hydrogen) atoms. The van der Waals surface area contributed by atoms with Gasteiger partial charge in [-0.15, -0.1) is 0 Å². The summed E-state index contributed by atoms with van der Waals surface area (Å²) in [5.41, 5.74) is -0.489. The van der Waals surface area contributed by atoms with Crippen LogP contribution < -0.4 is 5.32 Å². The van der Waals surface area contributed by atoms with Crippen LogP contribution in [0, 0.1) is 0 Å². The predicted octanol–water partition coefficient (Wildman–Crippen LogP) is 9.00. The molecule has 8 heteroatoms. The van der Waals surface area contributed by atoms with E-state index in [1.807, 2.05) is 41.5 Å². The van der Waals surface area contributed by atoms with Gasteiger partial charge in [0.15, 0.2) is 5.76 Å². The monoisotopic (exact) mass is 647 g/mol. The third kappa shape index (κ3) is 20.5. The summed E-state index contributed by atoms with van der Waals surface area (Å²) in [6.07, 6.45) is 20.3. The second-order valence-corrected chi connectivity index (χ2v) is 14.6. The SMILES string of the molecule is CCCCCCCCCCCCCCCCC1=C(OCCCC(=O)OC(C)(C)C)C(=O)C=C(NCCCC(=O)OC(C)(C)C)C1=O. The average Bonchev–Trinajstić information content (AvgIpc) is 2.94. The van der Waals surface area contributed by atoms with Crippen LogP contribution in [0.5, 0.6) is 0 Å². The Balaban J connectivity index is 2.59. The molecule has 1 aliphatic carbocycles. The molecule has 0 aromatic carbocycles. The van der Waals surface area contributed by atoms with Crippen molar-refractivity contribution in [1.29, 1.82) is 0 Å². The molecule has 0 aliphatic heterocycles. The third-order valence-electron chi connectivity index (χ3n) is 7.56. The lowest BCUT2D eigenvalue weighted by molar-refractivity contribution is -0.156. The first-order valence-corrected chi connectivity index (χ1v) is 18.1. The summed E-state index contributed by atoms with van der Waals surface area (Å²) in [5.74, 6) is -1.13. The van der Waals surface area contributed by atoms with E-state index >= 15 is 0 Å². The van der Waals surface area contributed by atoms with Crippen molar-refractivity contribution in [1.82, 2.24) is 5.32 Å². The molecule has 0 saturated carbocycles. The van der Waals surface area contributed by atoms with Gasteiger partial charge in [0.1, 0.15) is 11.2 Å². The van der Waals surface area contributed by atoms with E-state index in [9.17, 15) is 19.2 Å². The molecule has 0 spiro atoms. The second kappa shape index (κ2) is 22.8. The molecule has 8 nitrogen and oxygen atoms in total. The maximum Gasteiger partial charge on any atom is 0.306 e. The summed E-state index contributed by atoms with van der Waals surface area (Å²) >= 11 is 0. The molecular formula is C38H65NO7. The van der Waals surface area contributed by atoms with Crippen LogP contribution in [0.4, 0.5) is 0 Å². The van der Waals surface area contributed by atoms with E-state index in [1.165, 1.54) is 76.7 Å². The van der Waals surface area contributed by atoms with Crippen LogP contribution in [0.2, 0.25) is 0 Å². The van der Waals surface area contributed by atoms with Gasteiger partial charge in [0.05, 0.1) is 12.3 Å². The highest BCUT2D eigenvalue weighted by molar-refractivity contribution is 6.21. The van der Waals surface area contributed by atoms with Gasteiger partial charge in [0.2, 0.25) is 11.6 Å². The minimum Gasteiger partial charge on any atom is -0.489 e. The molecule has 1 aliphatic rings. The summed E-state index contributed by atoms with van der Waals surface area (Å²) in [6.45, 7) is 13.7. The smallest absolute Gasteiger partial charge is 0.306 e. The average molecular weight is 648 g/mol. The van der Waals surface area contributed by atoms with Crippen molar-refractivity contribution in [2.45, 2.75) is 182 Å². The third-order valence-corrected chi connectivity index (χ3v) is 7.56. The van der Waals surface area contributed by atoms with Crippen molar-refractivity contribution in [2.75, 3.05) is 13.2 Å². The van der Waals surface area contributed by atoms with Gasteiger partial charge >= 0.3 is 11.9 Å². The Bertz CT molecular complexity index is 998. The first kappa shape index (κ1) is 41.4. The van der Waals surface area contributed by atoms with Gasteiger partial charge < -0.3 is 19.5 Å². The molecule has 1 rings (SSSR count). The fraction of sp³-hybridized carbons (Fsp3) is 0.789. The number of carbonyl (C=O) groups excluding carboxylic acids is 4. The van der Waals surface area contributed by atoms with Crippen molar-refractivity contribution < 1.29 is 33.4 Å². The van der Waals surface area contributed by atoms with Gasteiger partial charge in [0.25, 0.3) is 0 Å². The molecule has 0 bridgehead atoms. The fourth-order valence-corrected chi connectivity index (χ4v) is 5.32. The Morgan fingerprint density at radius 3 is 1.59 bits per heavy atom. The molecule has 0 unspecified atom stereocenters. The van der Waals surface area contributed by atoms with E-state index in [0.29, 0.717) is 31.4 Å². The topological polar surface area (TPSA) is 108 Å². The molecule has 1 N–H and O–H groups in total. The molecular weight excluding hydrogens is 582 g/mol. The summed E-state index contributed by atoms with van der Waals surface area (Å²) in [5, 5.41) is 3.06. The number of Topliss-reactive ketones (excluding diaryl/α,β-unsaturated/α-hetero) is 1. The van der Waals surface area contributed by atoms with Crippen LogP contribution in [0.3, 0.4) is 0 Å². The van der Waals surface area contributed by atoms with Gasteiger partial charge in [-0.3, -0.25) is 19.2 Å². The number of hydrogen-bond donors (Lipinski definition) is 1. The highest BCUT2D eigenvalue weighted by Crippen LogP contribution is 2.25. The molecule has 0 atom stereocenters. The maximum absolute atomic E-state index is 13.5. The number of hydrogen-bond acceptors (Lipinski definition) is 8. The predicted molar refractivity (Wildman–Crippen MR) is 184 cm³/mol. The van der Waals surface area contributed by atoms with Crippen LogP contribution in [-0.2, 0) is 33.4 Å². The first-order chi connectivity index (χ1) is 21.7. The van der Waals surface area contributed by atoms with Gasteiger partial charge in [-0.1, -0.05) is 90.4 Å². The van der Waals surface area contributed by atoms with E-state index in [0.717, 1.165) is 19.3 Å². The van der Waals surface area contributed by atoms with Crippen LogP contribution in [0.15, 0.2) is 23.1 Å². The molecule has 0 aromatic rings. The first-order valence-electron chi connectivity index (χ1n) is 18.1. The van der Waals surface area contributed by atoms with Gasteiger partial charge in [-0.05, 0) is 67.2 Å². The minimum atomic E-state index is -0.561. The van der Waals surface area contributed by atoms with Crippen LogP contribution in [-0.4, -0.2) is 47.9 Å². The lowest BCUT2D eigenvalue weighted by Crippen LogP contribution is -2.30. The lowest BCUT2D eigenvalue weighted by atomic mass is 9.93. The molecule has 264 valence electrons. The Labute approximate surface area is 279 Å². The molecule has 0 heterocycles. The second-order valence-electron chi connectivity index (χ2n) is 14.6. The molecule has 0 radical (unpaired) electrons. The number of unbranched alkanes of at least 4 members (excludes halogenated alkanes) is 13. The number of ether oxygens (including phenoxy) is 3. The maximum atomic E-state index is 13.5. The highest BCUT2D eigenvalue weighted by atomic mass is 16.6. The van der Waals surface area contributed by atoms with Gasteiger partial charge in [-0.25, -0.2) is 0 Å². The molecule has 0 aromatic heterocycles. The number of esters is 2. The zero-order valence-electron chi connectivity index (χ0n) is 30.3. The van der Waals surface area contributed by atoms with E-state index in [2.05, 4.69) is 12.2 Å². The Morgan fingerprint density at radius 1 is 0.652 bits per heavy atom. The van der Waals surface area contributed by atoms with Crippen LogP contribution in [0.25, 0.3) is 0 Å². The summed E-state index contributed by atoms with van der Waals surface area (Å²) < 4.78 is 16.5. The van der Waals surface area contributed by atoms with E-state index < -0.39 is 11.2 Å². The fourth-order valence-electron chi connectivity index (χ4n) is 5.32. The largest absolute Gasteiger partial charge is 0.489 e. The van der Waals surface area contributed by atoms with Crippen molar-refractivity contribution in [3.63, 3.8) is 0 Å². The highest BCUT2D eigenvalue weighted by Gasteiger charge is 2.30. The standard InChI is InChI=1S/C38H65NO7/c1-8-9-10-11-12-13-14-15-16-17-18-19-20-21-24-30-35(43)31(39-27-22-25-33(41)45-37(2,3)4)29-32(40)36(30)44-28-23-26-34(42)46-38(5,6)7/h29,39H,8-28H2,1-7H3. The van der Waals surface area contributed by atoms with Crippen molar-refractivity contribution in [2.24, 2.45) is 0 Å². The zero-order chi connectivity index (χ0) is 34.4.